The molecule has 0 spiro atoms. The summed E-state index contributed by atoms with van der Waals surface area (Å²) in [5.74, 6) is 0.715. The molecule has 0 aromatic carbocycles. The van der Waals surface area contributed by atoms with Gasteiger partial charge in [0, 0.05) is 5.92 Å². The Balaban J connectivity index is 2.87. The van der Waals surface area contributed by atoms with Crippen molar-refractivity contribution in [2.24, 2.45) is 5.92 Å². The molecule has 0 saturated heterocycles. The van der Waals surface area contributed by atoms with Crippen molar-refractivity contribution in [2.75, 3.05) is 13.1 Å². The standard InChI is InChI=1S/C20H39NSi/c1-9-11-13-21(14-12-10-2)22(7,8)15-20-18(5)16(3)17(4)19(20)6/h20H,9-15H2,1-8H3. The lowest BCUT2D eigenvalue weighted by atomic mass is 9.99. The van der Waals surface area contributed by atoms with Crippen LogP contribution in [0.2, 0.25) is 19.1 Å². The van der Waals surface area contributed by atoms with E-state index in [9.17, 15) is 0 Å². The fourth-order valence-electron chi connectivity index (χ4n) is 3.79. The number of nitrogens with zero attached hydrogens (tertiary/aromatic N) is 1. The first-order valence-electron chi connectivity index (χ1n) is 9.36. The first kappa shape index (κ1) is 19.7. The Hall–Kier alpha value is -0.343. The highest BCUT2D eigenvalue weighted by Crippen LogP contribution is 2.41. The van der Waals surface area contributed by atoms with Crippen molar-refractivity contribution in [3.05, 3.63) is 22.3 Å². The average molecular weight is 322 g/mol. The van der Waals surface area contributed by atoms with Crippen LogP contribution in [-0.2, 0) is 0 Å². The van der Waals surface area contributed by atoms with Gasteiger partial charge in [-0.05, 0) is 70.8 Å². The molecule has 0 saturated carbocycles. The van der Waals surface area contributed by atoms with E-state index >= 15 is 0 Å². The topological polar surface area (TPSA) is 3.24 Å². The largest absolute Gasteiger partial charge is 0.324 e. The van der Waals surface area contributed by atoms with Gasteiger partial charge in [0.25, 0.3) is 0 Å². The van der Waals surface area contributed by atoms with Crippen LogP contribution in [0.3, 0.4) is 0 Å². The summed E-state index contributed by atoms with van der Waals surface area (Å²) < 4.78 is 2.89. The van der Waals surface area contributed by atoms with Gasteiger partial charge in [-0.25, -0.2) is 0 Å². The second-order valence-corrected chi connectivity index (χ2v) is 12.5. The summed E-state index contributed by atoms with van der Waals surface area (Å²) in [6, 6.07) is 1.40. The van der Waals surface area contributed by atoms with E-state index in [1.54, 1.807) is 22.3 Å². The van der Waals surface area contributed by atoms with Crippen LogP contribution >= 0.6 is 0 Å². The number of rotatable bonds is 9. The van der Waals surface area contributed by atoms with Crippen molar-refractivity contribution in [2.45, 2.75) is 86.4 Å². The van der Waals surface area contributed by atoms with Gasteiger partial charge in [-0.15, -0.1) is 0 Å². The summed E-state index contributed by atoms with van der Waals surface area (Å²) in [4.78, 5) is 0. The molecule has 1 nitrogen and oxygen atoms in total. The third-order valence-electron chi connectivity index (χ3n) is 5.91. The fraction of sp³-hybridized carbons (Fsp3) is 0.800. The molecular formula is C20H39NSi. The highest BCUT2D eigenvalue weighted by molar-refractivity contribution is 6.74. The predicted octanol–water partition coefficient (Wildman–Crippen LogP) is 6.40. The Kier molecular flexibility index (Phi) is 7.61. The maximum atomic E-state index is 2.89. The summed E-state index contributed by atoms with van der Waals surface area (Å²) in [5.41, 5.74) is 6.39. The summed E-state index contributed by atoms with van der Waals surface area (Å²) in [6.45, 7) is 21.8. The van der Waals surface area contributed by atoms with Gasteiger partial charge in [-0.3, -0.25) is 0 Å². The van der Waals surface area contributed by atoms with Crippen LogP contribution < -0.4 is 0 Å². The van der Waals surface area contributed by atoms with E-state index in [-0.39, 0.29) is 0 Å². The molecule has 0 aliphatic heterocycles. The molecule has 22 heavy (non-hydrogen) atoms. The molecule has 0 N–H and O–H groups in total. The molecule has 0 radical (unpaired) electrons. The lowest BCUT2D eigenvalue weighted by molar-refractivity contribution is 0.395. The van der Waals surface area contributed by atoms with Crippen molar-refractivity contribution < 1.29 is 0 Å². The van der Waals surface area contributed by atoms with Crippen molar-refractivity contribution in [3.63, 3.8) is 0 Å². The van der Waals surface area contributed by atoms with Crippen LogP contribution in [0.4, 0.5) is 0 Å². The van der Waals surface area contributed by atoms with E-state index in [4.69, 9.17) is 0 Å². The van der Waals surface area contributed by atoms with Gasteiger partial charge >= 0.3 is 0 Å². The fourth-order valence-corrected chi connectivity index (χ4v) is 7.19. The number of allylic oxidation sites excluding steroid dienone is 4. The van der Waals surface area contributed by atoms with Crippen LogP contribution in [0.1, 0.15) is 67.2 Å². The van der Waals surface area contributed by atoms with Gasteiger partial charge in [0.15, 0.2) is 0 Å². The number of hydrogen-bond donors (Lipinski definition) is 0. The summed E-state index contributed by atoms with van der Waals surface area (Å²) >= 11 is 0. The zero-order valence-corrected chi connectivity index (χ0v) is 17.5. The molecule has 2 heteroatoms. The quantitative estimate of drug-likeness (QED) is 0.444. The lowest BCUT2D eigenvalue weighted by Gasteiger charge is -2.39. The predicted molar refractivity (Wildman–Crippen MR) is 104 cm³/mol. The van der Waals surface area contributed by atoms with Crippen LogP contribution in [0.5, 0.6) is 0 Å². The molecule has 0 aromatic heterocycles. The van der Waals surface area contributed by atoms with E-state index in [0.29, 0.717) is 5.92 Å². The van der Waals surface area contributed by atoms with E-state index < -0.39 is 8.24 Å². The molecule has 0 amide bonds. The second-order valence-electron chi connectivity index (χ2n) is 7.88. The molecular weight excluding hydrogens is 282 g/mol. The summed E-state index contributed by atoms with van der Waals surface area (Å²) in [6.07, 6.45) is 5.33. The van der Waals surface area contributed by atoms with Crippen molar-refractivity contribution >= 4 is 8.24 Å². The highest BCUT2D eigenvalue weighted by atomic mass is 28.3. The van der Waals surface area contributed by atoms with Gasteiger partial charge in [-0.1, -0.05) is 50.9 Å². The van der Waals surface area contributed by atoms with Crippen LogP contribution in [-0.4, -0.2) is 25.9 Å². The van der Waals surface area contributed by atoms with Gasteiger partial charge in [-0.2, -0.15) is 0 Å². The lowest BCUT2D eigenvalue weighted by Crippen LogP contribution is -2.50. The zero-order valence-electron chi connectivity index (χ0n) is 16.5. The Labute approximate surface area is 141 Å². The Morgan fingerprint density at radius 2 is 1.23 bits per heavy atom. The SMILES string of the molecule is CCCCN(CCCC)[Si](C)(C)CC1C(C)=C(C)C(C)=C1C. The van der Waals surface area contributed by atoms with E-state index in [0.717, 1.165) is 0 Å². The first-order valence-corrected chi connectivity index (χ1v) is 12.5. The molecule has 0 fully saturated rings. The van der Waals surface area contributed by atoms with E-state index in [1.807, 2.05) is 0 Å². The normalized spacial score (nSPS) is 17.3. The number of unbranched alkanes of at least 4 members (excludes halogenated alkanes) is 2. The zero-order chi connectivity index (χ0) is 16.9. The van der Waals surface area contributed by atoms with Crippen LogP contribution in [0.25, 0.3) is 0 Å². The van der Waals surface area contributed by atoms with Crippen LogP contribution in [0.15, 0.2) is 22.3 Å². The molecule has 1 aliphatic carbocycles. The molecule has 0 heterocycles. The summed E-state index contributed by atoms with van der Waals surface area (Å²) in [7, 11) is -1.35. The van der Waals surface area contributed by atoms with Gasteiger partial charge in [0.1, 0.15) is 8.24 Å². The molecule has 128 valence electrons. The minimum Gasteiger partial charge on any atom is -0.324 e. The monoisotopic (exact) mass is 321 g/mol. The minimum absolute atomic E-state index is 0.715. The highest BCUT2D eigenvalue weighted by Gasteiger charge is 2.35. The Morgan fingerprint density at radius 1 is 0.818 bits per heavy atom. The minimum atomic E-state index is -1.35. The van der Waals surface area contributed by atoms with Gasteiger partial charge < -0.3 is 4.57 Å². The molecule has 1 aliphatic rings. The van der Waals surface area contributed by atoms with Crippen molar-refractivity contribution in [3.8, 4) is 0 Å². The van der Waals surface area contributed by atoms with Gasteiger partial charge in [0.05, 0.1) is 0 Å². The second kappa shape index (κ2) is 8.49. The molecule has 0 bridgehead atoms. The smallest absolute Gasteiger partial charge is 0.123 e. The molecule has 0 unspecified atom stereocenters. The van der Waals surface area contributed by atoms with Crippen LogP contribution in [0, 0.1) is 5.92 Å². The molecule has 0 atom stereocenters. The molecule has 1 rings (SSSR count). The van der Waals surface area contributed by atoms with Gasteiger partial charge in [0.2, 0.25) is 0 Å². The summed E-state index contributed by atoms with van der Waals surface area (Å²) in [5, 5.41) is 0. The average Bonchev–Trinajstić information content (AvgIpc) is 2.65. The third kappa shape index (κ3) is 4.58. The van der Waals surface area contributed by atoms with E-state index in [1.165, 1.54) is 44.8 Å². The van der Waals surface area contributed by atoms with Crippen molar-refractivity contribution in [1.82, 2.24) is 4.57 Å². The third-order valence-corrected chi connectivity index (χ3v) is 9.48. The molecule has 0 aromatic rings. The van der Waals surface area contributed by atoms with Crippen molar-refractivity contribution in [1.29, 1.82) is 0 Å². The van der Waals surface area contributed by atoms with E-state index in [2.05, 4.69) is 59.2 Å². The Morgan fingerprint density at radius 3 is 1.59 bits per heavy atom. The Bertz CT molecular complexity index is 399. The maximum absolute atomic E-state index is 2.89. The maximum Gasteiger partial charge on any atom is 0.123 e. The first-order chi connectivity index (χ1) is 10.3. The number of hydrogen-bond acceptors (Lipinski definition) is 1.